The largest absolute Gasteiger partial charge is 0.385 e. The van der Waals surface area contributed by atoms with Crippen LogP contribution in [0.25, 0.3) is 0 Å². The molecule has 0 spiro atoms. The molecule has 0 amide bonds. The fourth-order valence-electron chi connectivity index (χ4n) is 2.07. The van der Waals surface area contributed by atoms with E-state index in [0.717, 1.165) is 36.8 Å². The van der Waals surface area contributed by atoms with Crippen molar-refractivity contribution in [2.24, 2.45) is 0 Å². The van der Waals surface area contributed by atoms with Crippen LogP contribution in [0.4, 0.5) is 0 Å². The zero-order valence-corrected chi connectivity index (χ0v) is 9.34. The van der Waals surface area contributed by atoms with E-state index in [0.29, 0.717) is 0 Å². The van der Waals surface area contributed by atoms with Gasteiger partial charge in [-0.1, -0.05) is 36.5 Å². The monoisotopic (exact) mass is 218 g/mol. The van der Waals surface area contributed by atoms with Gasteiger partial charge in [0.1, 0.15) is 12.2 Å². The predicted octanol–water partition coefficient (Wildman–Crippen LogP) is 2.26. The highest BCUT2D eigenvalue weighted by molar-refractivity contribution is 5.34. The Hall–Kier alpha value is -1.12. The molecule has 0 fully saturated rings. The standard InChI is InChI=1S/C14H18O2/c15-13(11-7-3-1-4-8-11)14(16)12-9-5-2-6-10-12/h3,5,7-10,13-16H,1-2,4,6H2. The van der Waals surface area contributed by atoms with E-state index in [2.05, 4.69) is 0 Å². The van der Waals surface area contributed by atoms with Crippen molar-refractivity contribution in [1.82, 2.24) is 0 Å². The molecule has 2 aliphatic rings. The van der Waals surface area contributed by atoms with E-state index in [9.17, 15) is 10.2 Å². The first-order chi connectivity index (χ1) is 7.79. The summed E-state index contributed by atoms with van der Waals surface area (Å²) in [6.07, 6.45) is 14.2. The molecule has 16 heavy (non-hydrogen) atoms. The first-order valence-corrected chi connectivity index (χ1v) is 5.88. The van der Waals surface area contributed by atoms with E-state index in [1.165, 1.54) is 0 Å². The third-order valence-corrected chi connectivity index (χ3v) is 3.03. The van der Waals surface area contributed by atoms with Gasteiger partial charge in [0.15, 0.2) is 0 Å². The second-order valence-corrected chi connectivity index (χ2v) is 4.26. The Kier molecular flexibility index (Phi) is 3.75. The van der Waals surface area contributed by atoms with Crippen molar-refractivity contribution in [2.75, 3.05) is 0 Å². The van der Waals surface area contributed by atoms with Gasteiger partial charge in [-0.15, -0.1) is 0 Å². The van der Waals surface area contributed by atoms with Crippen LogP contribution in [-0.4, -0.2) is 22.4 Å². The molecule has 0 saturated carbocycles. The third-order valence-electron chi connectivity index (χ3n) is 3.03. The lowest BCUT2D eigenvalue weighted by Crippen LogP contribution is -2.29. The summed E-state index contributed by atoms with van der Waals surface area (Å²) >= 11 is 0. The Morgan fingerprint density at radius 2 is 1.19 bits per heavy atom. The molecule has 0 heterocycles. The molecule has 0 saturated heterocycles. The molecule has 2 heteroatoms. The summed E-state index contributed by atoms with van der Waals surface area (Å²) in [4.78, 5) is 0. The molecule has 2 unspecified atom stereocenters. The van der Waals surface area contributed by atoms with Gasteiger partial charge in [0, 0.05) is 0 Å². The lowest BCUT2D eigenvalue weighted by Gasteiger charge is -2.22. The topological polar surface area (TPSA) is 40.5 Å². The van der Waals surface area contributed by atoms with Crippen molar-refractivity contribution in [3.63, 3.8) is 0 Å². The number of hydrogen-bond acceptors (Lipinski definition) is 2. The maximum Gasteiger partial charge on any atom is 0.109 e. The van der Waals surface area contributed by atoms with Gasteiger partial charge in [0.2, 0.25) is 0 Å². The number of aliphatic hydroxyl groups excluding tert-OH is 2. The fraction of sp³-hybridized carbons (Fsp3) is 0.429. The predicted molar refractivity (Wildman–Crippen MR) is 64.9 cm³/mol. The molecule has 2 N–H and O–H groups in total. The Balaban J connectivity index is 2.06. The van der Waals surface area contributed by atoms with E-state index >= 15 is 0 Å². The molecule has 0 aromatic heterocycles. The minimum atomic E-state index is -0.800. The first kappa shape index (κ1) is 11.4. The molecule has 0 aromatic rings. The van der Waals surface area contributed by atoms with Gasteiger partial charge in [0.05, 0.1) is 0 Å². The highest BCUT2D eigenvalue weighted by Crippen LogP contribution is 2.22. The number of hydrogen-bond donors (Lipinski definition) is 2. The molecular weight excluding hydrogens is 200 g/mol. The van der Waals surface area contributed by atoms with Crippen LogP contribution in [0, 0.1) is 0 Å². The molecule has 0 radical (unpaired) electrons. The second kappa shape index (κ2) is 5.28. The third kappa shape index (κ3) is 2.52. The highest BCUT2D eigenvalue weighted by atomic mass is 16.3. The molecular formula is C14H18O2. The summed E-state index contributed by atoms with van der Waals surface area (Å²) in [6, 6.07) is 0. The summed E-state index contributed by atoms with van der Waals surface area (Å²) in [7, 11) is 0. The summed E-state index contributed by atoms with van der Waals surface area (Å²) in [5, 5.41) is 20.1. The van der Waals surface area contributed by atoms with Crippen molar-refractivity contribution in [3.05, 3.63) is 47.6 Å². The van der Waals surface area contributed by atoms with Crippen LogP contribution in [0.3, 0.4) is 0 Å². The zero-order valence-electron chi connectivity index (χ0n) is 9.34. The Labute approximate surface area is 96.3 Å². The van der Waals surface area contributed by atoms with E-state index < -0.39 is 12.2 Å². The summed E-state index contributed by atoms with van der Waals surface area (Å²) in [5.74, 6) is 0. The van der Waals surface area contributed by atoms with Gasteiger partial charge < -0.3 is 10.2 Å². The van der Waals surface area contributed by atoms with Crippen molar-refractivity contribution in [1.29, 1.82) is 0 Å². The summed E-state index contributed by atoms with van der Waals surface area (Å²) in [6.45, 7) is 0. The van der Waals surface area contributed by atoms with Crippen molar-refractivity contribution in [3.8, 4) is 0 Å². The Bertz CT molecular complexity index is 325. The van der Waals surface area contributed by atoms with Gasteiger partial charge in [-0.2, -0.15) is 0 Å². The van der Waals surface area contributed by atoms with Gasteiger partial charge in [-0.3, -0.25) is 0 Å². The van der Waals surface area contributed by atoms with Crippen molar-refractivity contribution in [2.45, 2.75) is 37.9 Å². The molecule has 0 aliphatic heterocycles. The van der Waals surface area contributed by atoms with Crippen LogP contribution in [0.5, 0.6) is 0 Å². The van der Waals surface area contributed by atoms with E-state index in [1.54, 1.807) is 0 Å². The van der Waals surface area contributed by atoms with Gasteiger partial charge in [-0.25, -0.2) is 0 Å². The van der Waals surface area contributed by atoms with E-state index in [4.69, 9.17) is 0 Å². The molecule has 0 aromatic carbocycles. The van der Waals surface area contributed by atoms with Gasteiger partial charge >= 0.3 is 0 Å². The molecule has 0 bridgehead atoms. The van der Waals surface area contributed by atoms with Crippen molar-refractivity contribution >= 4 is 0 Å². The van der Waals surface area contributed by atoms with Gasteiger partial charge in [0.25, 0.3) is 0 Å². The Morgan fingerprint density at radius 3 is 1.50 bits per heavy atom. The number of rotatable bonds is 3. The minimum absolute atomic E-state index is 0.800. The fourth-order valence-corrected chi connectivity index (χ4v) is 2.07. The molecule has 2 atom stereocenters. The average Bonchev–Trinajstić information content (AvgIpc) is 2.39. The SMILES string of the molecule is OC(C1=CCCC=C1)C(O)C1=CCCC=C1. The maximum absolute atomic E-state index is 10.1. The summed E-state index contributed by atoms with van der Waals surface area (Å²) < 4.78 is 0. The molecule has 2 nitrogen and oxygen atoms in total. The van der Waals surface area contributed by atoms with Crippen molar-refractivity contribution < 1.29 is 10.2 Å². The lowest BCUT2D eigenvalue weighted by atomic mass is 9.92. The molecule has 2 aliphatic carbocycles. The quantitative estimate of drug-likeness (QED) is 0.763. The smallest absolute Gasteiger partial charge is 0.109 e. The van der Waals surface area contributed by atoms with E-state index in [-0.39, 0.29) is 0 Å². The number of allylic oxidation sites excluding steroid dienone is 4. The second-order valence-electron chi connectivity index (χ2n) is 4.26. The molecule has 86 valence electrons. The zero-order chi connectivity index (χ0) is 11.4. The van der Waals surface area contributed by atoms with Crippen LogP contribution in [0.2, 0.25) is 0 Å². The van der Waals surface area contributed by atoms with E-state index in [1.807, 2.05) is 36.5 Å². The molecule has 2 rings (SSSR count). The maximum atomic E-state index is 10.1. The normalized spacial score (nSPS) is 23.6. The van der Waals surface area contributed by atoms with Gasteiger partial charge in [-0.05, 0) is 36.8 Å². The first-order valence-electron chi connectivity index (χ1n) is 5.88. The highest BCUT2D eigenvalue weighted by Gasteiger charge is 2.22. The lowest BCUT2D eigenvalue weighted by molar-refractivity contribution is 0.0693. The number of aliphatic hydroxyl groups is 2. The van der Waals surface area contributed by atoms with Crippen LogP contribution in [-0.2, 0) is 0 Å². The van der Waals surface area contributed by atoms with Crippen LogP contribution >= 0.6 is 0 Å². The average molecular weight is 218 g/mol. The van der Waals surface area contributed by atoms with Crippen LogP contribution in [0.1, 0.15) is 25.7 Å². The summed E-state index contributed by atoms with van der Waals surface area (Å²) in [5.41, 5.74) is 1.66. The van der Waals surface area contributed by atoms with Crippen LogP contribution < -0.4 is 0 Å². The Morgan fingerprint density at radius 1 is 0.750 bits per heavy atom. The minimum Gasteiger partial charge on any atom is -0.385 e. The van der Waals surface area contributed by atoms with Crippen LogP contribution in [0.15, 0.2) is 47.6 Å².